The van der Waals surface area contributed by atoms with Gasteiger partial charge in [0.05, 0.1) is 30.2 Å². The van der Waals surface area contributed by atoms with Crippen LogP contribution in [0.15, 0.2) is 77.4 Å². The van der Waals surface area contributed by atoms with Crippen molar-refractivity contribution in [3.63, 3.8) is 0 Å². The Bertz CT molecular complexity index is 2190. The zero-order valence-corrected chi connectivity index (χ0v) is 40.9. The third-order valence-corrected chi connectivity index (χ3v) is 14.0. The quantitative estimate of drug-likeness (QED) is 0.0490. The normalized spacial score (nSPS) is 19.5. The van der Waals surface area contributed by atoms with Crippen molar-refractivity contribution in [2.45, 2.75) is 130 Å². The van der Waals surface area contributed by atoms with Crippen LogP contribution in [0.25, 0.3) is 22.3 Å². The summed E-state index contributed by atoms with van der Waals surface area (Å²) in [5.41, 5.74) is 2.98. The van der Waals surface area contributed by atoms with Gasteiger partial charge in [-0.3, -0.25) is 18.9 Å². The Morgan fingerprint density at radius 3 is 2.30 bits per heavy atom. The van der Waals surface area contributed by atoms with Crippen molar-refractivity contribution in [2.24, 2.45) is 11.8 Å². The minimum Gasteiger partial charge on any atom is -0.497 e. The second kappa shape index (κ2) is 26.1. The van der Waals surface area contributed by atoms with E-state index in [0.29, 0.717) is 41.7 Å². The van der Waals surface area contributed by atoms with Crippen LogP contribution in [0.5, 0.6) is 5.75 Å². The standard InChI is InChI=1S/C16H17N3O2S.C13H22N2O3.C13H16NO3P.C4H10.C2H6/c1-9(2)17-16-19-14(8-22-16)13-7-15(20)11-5-4-10(21-3)6-12(11)18-13;1-10-5-4-8-15(10)12(16)9-14-13(17)18-11-6-2-3-7-11;1-2-12-8-13(12,14-10-15)18(16,17)9-11-6-4-3-5-7-11;1-4(2)3;1-2/h4-9H,1-3H3,(H,17,19)(H,18,20);10-11H,2-9H2,1H3,(H,14,17);2-7,10,12H,1,8-9H2,(H,14,15)(H,16,17);4H,1-3H3;1-2H3/t;;12?,13-;;/m..0../s1. The fraction of sp³-hybridized carbons (Fsp3) is 0.521. The fourth-order valence-corrected chi connectivity index (χ4v) is 10.5. The minimum absolute atomic E-state index is 0.0108. The molecule has 3 heterocycles. The van der Waals surface area contributed by atoms with E-state index in [4.69, 9.17) is 9.47 Å². The molecule has 14 nitrogen and oxygen atoms in total. The number of rotatable bonds is 13. The second-order valence-electron chi connectivity index (χ2n) is 16.8. The summed E-state index contributed by atoms with van der Waals surface area (Å²) in [5.74, 6) is 1.41. The molecule has 3 aliphatic rings. The number of pyridine rings is 1. The van der Waals surface area contributed by atoms with E-state index in [2.05, 4.69) is 67.1 Å². The molecule has 2 aliphatic carbocycles. The van der Waals surface area contributed by atoms with Crippen LogP contribution < -0.4 is 26.1 Å². The van der Waals surface area contributed by atoms with E-state index in [9.17, 15) is 28.6 Å². The molecule has 1 aliphatic heterocycles. The van der Waals surface area contributed by atoms with Crippen molar-refractivity contribution in [2.75, 3.05) is 25.5 Å². The van der Waals surface area contributed by atoms with E-state index < -0.39 is 18.7 Å². The molecule has 3 amide bonds. The van der Waals surface area contributed by atoms with Crippen LogP contribution in [0.4, 0.5) is 9.93 Å². The largest absolute Gasteiger partial charge is 0.497 e. The number of likely N-dealkylation sites (tertiary alicyclic amines) is 1. The number of carbonyl (C=O) groups is 3. The van der Waals surface area contributed by atoms with Gasteiger partial charge >= 0.3 is 6.09 Å². The highest BCUT2D eigenvalue weighted by Gasteiger charge is 2.64. The summed E-state index contributed by atoms with van der Waals surface area (Å²) in [6.45, 7) is 21.2. The van der Waals surface area contributed by atoms with E-state index in [1.807, 2.05) is 67.4 Å². The lowest BCUT2D eigenvalue weighted by molar-refractivity contribution is -0.130. The molecule has 1 saturated heterocycles. The Kier molecular flexibility index (Phi) is 21.8. The lowest BCUT2D eigenvalue weighted by Gasteiger charge is -2.23. The Morgan fingerprint density at radius 2 is 1.73 bits per heavy atom. The van der Waals surface area contributed by atoms with Gasteiger partial charge in [0.2, 0.25) is 19.7 Å². The molecule has 2 aromatic carbocycles. The molecule has 4 atom stereocenters. The number of hydrogen-bond acceptors (Lipinski definition) is 10. The van der Waals surface area contributed by atoms with Gasteiger partial charge in [0.1, 0.15) is 23.7 Å². The number of aromatic amines is 1. The van der Waals surface area contributed by atoms with Gasteiger partial charge in [-0.05, 0) is 89.3 Å². The summed E-state index contributed by atoms with van der Waals surface area (Å²) in [4.78, 5) is 66.1. The van der Waals surface area contributed by atoms with Crippen LogP contribution in [0.2, 0.25) is 0 Å². The Labute approximate surface area is 383 Å². The topological polar surface area (TPSA) is 192 Å². The number of nitrogens with one attached hydrogen (secondary N) is 4. The number of hydrogen-bond donors (Lipinski definition) is 5. The van der Waals surface area contributed by atoms with Crippen LogP contribution in [0, 0.1) is 11.8 Å². The van der Waals surface area contributed by atoms with Crippen LogP contribution in [0.3, 0.4) is 0 Å². The van der Waals surface area contributed by atoms with Crippen LogP contribution in [-0.4, -0.2) is 81.8 Å². The Hall–Kier alpha value is -4.98. The molecular formula is C48H71N6O8PS. The number of H-pyrrole nitrogens is 1. The number of carbonyl (C=O) groups excluding carboxylic acids is 3. The van der Waals surface area contributed by atoms with Crippen LogP contribution in [0.1, 0.15) is 106 Å². The predicted molar refractivity (Wildman–Crippen MR) is 260 cm³/mol. The summed E-state index contributed by atoms with van der Waals surface area (Å²) >= 11 is 1.52. The number of amides is 3. The number of aromatic nitrogens is 2. The Morgan fingerprint density at radius 1 is 1.06 bits per heavy atom. The first-order chi connectivity index (χ1) is 30.5. The van der Waals surface area contributed by atoms with Crippen molar-refractivity contribution < 1.29 is 33.3 Å². The molecule has 64 heavy (non-hydrogen) atoms. The highest BCUT2D eigenvalue weighted by molar-refractivity contribution is 7.59. The van der Waals surface area contributed by atoms with Gasteiger partial charge in [-0.1, -0.05) is 71.0 Å². The summed E-state index contributed by atoms with van der Waals surface area (Å²) in [6.07, 6.45) is 8.53. The fourth-order valence-electron chi connectivity index (χ4n) is 7.26. The zero-order valence-electron chi connectivity index (χ0n) is 39.1. The van der Waals surface area contributed by atoms with Gasteiger partial charge in [0.15, 0.2) is 10.6 Å². The molecular weight excluding hydrogens is 852 g/mol. The minimum atomic E-state index is -3.51. The van der Waals surface area contributed by atoms with Gasteiger partial charge in [0.25, 0.3) is 0 Å². The number of fused-ring (bicyclic) bond motifs is 1. The number of benzene rings is 2. The molecule has 0 radical (unpaired) electrons. The summed E-state index contributed by atoms with van der Waals surface area (Å²) in [6, 6.07) is 16.7. The van der Waals surface area contributed by atoms with Crippen molar-refractivity contribution in [3.05, 3.63) is 88.4 Å². The average Bonchev–Trinajstić information content (AvgIpc) is 3.66. The molecule has 0 spiro atoms. The van der Waals surface area contributed by atoms with Gasteiger partial charge < -0.3 is 40.2 Å². The Balaban J connectivity index is 0.000000242. The molecule has 5 N–H and O–H groups in total. The maximum Gasteiger partial charge on any atom is 0.407 e. The number of alkyl carbamates (subject to hydrolysis) is 1. The van der Waals surface area contributed by atoms with E-state index in [1.54, 1.807) is 31.4 Å². The van der Waals surface area contributed by atoms with Crippen molar-refractivity contribution in [1.29, 1.82) is 0 Å². The van der Waals surface area contributed by atoms with Crippen molar-refractivity contribution >= 4 is 53.2 Å². The van der Waals surface area contributed by atoms with E-state index in [-0.39, 0.29) is 36.1 Å². The third kappa shape index (κ3) is 15.9. The lowest BCUT2D eigenvalue weighted by Crippen LogP contribution is -2.42. The van der Waals surface area contributed by atoms with Crippen LogP contribution >= 0.6 is 18.7 Å². The molecule has 352 valence electrons. The summed E-state index contributed by atoms with van der Waals surface area (Å²) in [7, 11) is -1.90. The first-order valence-electron chi connectivity index (χ1n) is 22.4. The first kappa shape index (κ1) is 53.4. The van der Waals surface area contributed by atoms with Gasteiger partial charge in [-0.2, -0.15) is 0 Å². The summed E-state index contributed by atoms with van der Waals surface area (Å²) < 4.78 is 23.0. The summed E-state index contributed by atoms with van der Waals surface area (Å²) in [5, 5.41) is 10.8. The number of thiazole rings is 1. The van der Waals surface area contributed by atoms with E-state index >= 15 is 0 Å². The van der Waals surface area contributed by atoms with Gasteiger partial charge in [-0.25, -0.2) is 9.78 Å². The van der Waals surface area contributed by atoms with Gasteiger partial charge in [-0.15, -0.1) is 17.9 Å². The number of methoxy groups -OCH3 is 1. The SMILES string of the molecule is C=CC1C[C@]1(NC=O)P(=O)(O)Cc1ccccc1.CC.CC(C)C.CC1CCCN1C(=O)CNC(=O)OC1CCCC1.COc1ccc2c(=O)cc(-c3csc(NC(C)C)n3)[nH]c2c1. The lowest BCUT2D eigenvalue weighted by atomic mass is 10.1. The van der Waals surface area contributed by atoms with Gasteiger partial charge in [0, 0.05) is 47.4 Å². The second-order valence-corrected chi connectivity index (χ2v) is 20.2. The number of anilines is 1. The smallest absolute Gasteiger partial charge is 0.407 e. The van der Waals surface area contributed by atoms with E-state index in [1.165, 1.54) is 11.3 Å². The van der Waals surface area contributed by atoms with Crippen molar-refractivity contribution in [1.82, 2.24) is 25.5 Å². The highest BCUT2D eigenvalue weighted by atomic mass is 32.1. The number of ether oxygens (including phenoxy) is 2. The average molecular weight is 923 g/mol. The third-order valence-electron chi connectivity index (χ3n) is 10.5. The molecule has 16 heteroatoms. The zero-order chi connectivity index (χ0) is 47.5. The molecule has 7 rings (SSSR count). The van der Waals surface area contributed by atoms with Crippen LogP contribution in [-0.2, 0) is 25.1 Å². The predicted octanol–water partition coefficient (Wildman–Crippen LogP) is 9.94. The molecule has 2 saturated carbocycles. The van der Waals surface area contributed by atoms with E-state index in [0.717, 1.165) is 72.9 Å². The number of nitrogens with zero attached hydrogens (tertiary/aromatic N) is 2. The molecule has 3 fully saturated rings. The molecule has 4 aromatic rings. The first-order valence-corrected chi connectivity index (χ1v) is 25.1. The molecule has 3 unspecified atom stereocenters. The maximum atomic E-state index is 12.5. The highest BCUT2D eigenvalue weighted by Crippen LogP contribution is 2.70. The molecule has 0 bridgehead atoms. The van der Waals surface area contributed by atoms with Crippen molar-refractivity contribution in [3.8, 4) is 17.1 Å². The maximum absolute atomic E-state index is 12.5. The molecule has 2 aromatic heterocycles. The monoisotopic (exact) mass is 922 g/mol.